The van der Waals surface area contributed by atoms with Crippen molar-refractivity contribution in [3.8, 4) is 0 Å². The number of likely N-dealkylation sites (tertiary alicyclic amines) is 1. The number of hydrogen-bond donors (Lipinski definition) is 1. The van der Waals surface area contributed by atoms with E-state index in [0.717, 1.165) is 44.0 Å². The first kappa shape index (κ1) is 16.8. The molecule has 0 radical (unpaired) electrons. The van der Waals surface area contributed by atoms with E-state index in [1.54, 1.807) is 0 Å². The van der Waals surface area contributed by atoms with Crippen LogP contribution in [0.25, 0.3) is 0 Å². The van der Waals surface area contributed by atoms with Crippen molar-refractivity contribution in [3.05, 3.63) is 18.5 Å². The van der Waals surface area contributed by atoms with E-state index in [1.165, 1.54) is 12.8 Å². The topological polar surface area (TPSA) is 45.5 Å². The van der Waals surface area contributed by atoms with Crippen molar-refractivity contribution >= 4 is 5.96 Å². The zero-order chi connectivity index (χ0) is 15.9. The second-order valence-electron chi connectivity index (χ2n) is 6.99. The summed E-state index contributed by atoms with van der Waals surface area (Å²) in [6.45, 7) is 11.0. The van der Waals surface area contributed by atoms with E-state index in [4.69, 9.17) is 0 Å². The molecule has 0 aromatic carbocycles. The molecule has 2 heterocycles. The number of rotatable bonds is 6. The third kappa shape index (κ3) is 5.04. The third-order valence-electron chi connectivity index (χ3n) is 4.27. The highest BCUT2D eigenvalue weighted by Gasteiger charge is 2.25. The molecule has 1 fully saturated rings. The standard InChI is InChI=1S/C17H31N5/c1-14(2)10-16-6-9-21(13-16)17(18-4)19-11-15(3)12-22-8-5-7-20-22/h5,7-8,14-16H,6,9-13H2,1-4H3,(H,18,19). The highest BCUT2D eigenvalue weighted by Crippen LogP contribution is 2.23. The summed E-state index contributed by atoms with van der Waals surface area (Å²) in [5, 5.41) is 7.80. The van der Waals surface area contributed by atoms with E-state index in [-0.39, 0.29) is 0 Å². The molecule has 1 N–H and O–H groups in total. The zero-order valence-electron chi connectivity index (χ0n) is 14.5. The van der Waals surface area contributed by atoms with Crippen LogP contribution in [-0.2, 0) is 6.54 Å². The molecular formula is C17H31N5. The second kappa shape index (κ2) is 8.20. The molecule has 2 rings (SSSR count). The van der Waals surface area contributed by atoms with Gasteiger partial charge in [0.1, 0.15) is 0 Å². The summed E-state index contributed by atoms with van der Waals surface area (Å²) in [7, 11) is 1.89. The molecule has 5 nitrogen and oxygen atoms in total. The van der Waals surface area contributed by atoms with Crippen LogP contribution < -0.4 is 5.32 Å². The first-order valence-electron chi connectivity index (χ1n) is 8.51. The number of guanidine groups is 1. The lowest BCUT2D eigenvalue weighted by atomic mass is 9.97. The van der Waals surface area contributed by atoms with Gasteiger partial charge in [-0.25, -0.2) is 0 Å². The van der Waals surface area contributed by atoms with Crippen molar-refractivity contribution in [1.29, 1.82) is 0 Å². The molecule has 1 aliphatic rings. The molecule has 1 aliphatic heterocycles. The van der Waals surface area contributed by atoms with E-state index in [1.807, 2.05) is 30.2 Å². The van der Waals surface area contributed by atoms with Gasteiger partial charge in [0.15, 0.2) is 5.96 Å². The van der Waals surface area contributed by atoms with E-state index in [9.17, 15) is 0 Å². The van der Waals surface area contributed by atoms with Crippen LogP contribution in [0.4, 0.5) is 0 Å². The Hall–Kier alpha value is -1.52. The average Bonchev–Trinajstić information content (AvgIpc) is 3.11. The molecule has 2 unspecified atom stereocenters. The van der Waals surface area contributed by atoms with Gasteiger partial charge in [0.05, 0.1) is 0 Å². The maximum atomic E-state index is 4.46. The van der Waals surface area contributed by atoms with Gasteiger partial charge in [-0.15, -0.1) is 0 Å². The first-order chi connectivity index (χ1) is 10.6. The van der Waals surface area contributed by atoms with Gasteiger partial charge < -0.3 is 10.2 Å². The number of nitrogens with zero attached hydrogens (tertiary/aromatic N) is 4. The maximum absolute atomic E-state index is 4.46. The van der Waals surface area contributed by atoms with Gasteiger partial charge in [-0.2, -0.15) is 5.10 Å². The minimum Gasteiger partial charge on any atom is -0.356 e. The molecular weight excluding hydrogens is 274 g/mol. The summed E-state index contributed by atoms with van der Waals surface area (Å²) < 4.78 is 1.99. The minimum atomic E-state index is 0.519. The Labute approximate surface area is 134 Å². The van der Waals surface area contributed by atoms with Gasteiger partial charge in [0.2, 0.25) is 0 Å². The van der Waals surface area contributed by atoms with Crippen LogP contribution in [0.2, 0.25) is 0 Å². The molecule has 124 valence electrons. The molecule has 5 heteroatoms. The molecule has 1 saturated heterocycles. The Balaban J connectivity index is 1.75. The summed E-state index contributed by atoms with van der Waals surface area (Å²) in [5.74, 6) is 3.18. The lowest BCUT2D eigenvalue weighted by Crippen LogP contribution is -2.42. The van der Waals surface area contributed by atoms with Gasteiger partial charge in [0.25, 0.3) is 0 Å². The van der Waals surface area contributed by atoms with Crippen molar-refractivity contribution in [2.45, 2.75) is 40.2 Å². The highest BCUT2D eigenvalue weighted by molar-refractivity contribution is 5.80. The van der Waals surface area contributed by atoms with Gasteiger partial charge in [0, 0.05) is 45.6 Å². The smallest absolute Gasteiger partial charge is 0.193 e. The quantitative estimate of drug-likeness (QED) is 0.649. The number of nitrogens with one attached hydrogen (secondary N) is 1. The Morgan fingerprint density at radius 3 is 2.86 bits per heavy atom. The summed E-state index contributed by atoms with van der Waals surface area (Å²) in [4.78, 5) is 6.87. The molecule has 0 amide bonds. The average molecular weight is 305 g/mol. The number of aliphatic imine (C=N–C) groups is 1. The third-order valence-corrected chi connectivity index (χ3v) is 4.27. The van der Waals surface area contributed by atoms with Gasteiger partial charge in [-0.3, -0.25) is 9.67 Å². The van der Waals surface area contributed by atoms with Crippen molar-refractivity contribution in [3.63, 3.8) is 0 Å². The fourth-order valence-corrected chi connectivity index (χ4v) is 3.27. The van der Waals surface area contributed by atoms with E-state index in [0.29, 0.717) is 5.92 Å². The molecule has 0 saturated carbocycles. The van der Waals surface area contributed by atoms with Gasteiger partial charge >= 0.3 is 0 Å². The highest BCUT2D eigenvalue weighted by atomic mass is 15.3. The molecule has 1 aromatic heterocycles. The molecule has 22 heavy (non-hydrogen) atoms. The largest absolute Gasteiger partial charge is 0.356 e. The lowest BCUT2D eigenvalue weighted by Gasteiger charge is -2.23. The molecule has 1 aromatic rings. The van der Waals surface area contributed by atoms with Crippen molar-refractivity contribution in [2.75, 3.05) is 26.7 Å². The zero-order valence-corrected chi connectivity index (χ0v) is 14.5. The Morgan fingerprint density at radius 1 is 1.41 bits per heavy atom. The normalized spacial score (nSPS) is 20.7. The van der Waals surface area contributed by atoms with Crippen molar-refractivity contribution < 1.29 is 0 Å². The monoisotopic (exact) mass is 305 g/mol. The SMILES string of the molecule is CN=C(NCC(C)Cn1cccn1)N1CCC(CC(C)C)C1. The van der Waals surface area contributed by atoms with E-state index >= 15 is 0 Å². The second-order valence-corrected chi connectivity index (χ2v) is 6.99. The van der Waals surface area contributed by atoms with Gasteiger partial charge in [-0.05, 0) is 36.7 Å². The Bertz CT molecular complexity index is 452. The first-order valence-corrected chi connectivity index (χ1v) is 8.51. The Kier molecular flexibility index (Phi) is 6.28. The number of hydrogen-bond acceptors (Lipinski definition) is 2. The van der Waals surface area contributed by atoms with E-state index in [2.05, 4.69) is 41.1 Å². The van der Waals surface area contributed by atoms with E-state index < -0.39 is 0 Å². The molecule has 0 aliphatic carbocycles. The lowest BCUT2D eigenvalue weighted by molar-refractivity contribution is 0.395. The van der Waals surface area contributed by atoms with Crippen molar-refractivity contribution in [1.82, 2.24) is 20.0 Å². The summed E-state index contributed by atoms with van der Waals surface area (Å²) in [6.07, 6.45) is 6.46. The summed E-state index contributed by atoms with van der Waals surface area (Å²) in [6, 6.07) is 1.97. The van der Waals surface area contributed by atoms with Crippen LogP contribution in [-0.4, -0.2) is 47.3 Å². The maximum Gasteiger partial charge on any atom is 0.193 e. The molecule has 2 atom stereocenters. The fourth-order valence-electron chi connectivity index (χ4n) is 3.27. The van der Waals surface area contributed by atoms with Crippen LogP contribution >= 0.6 is 0 Å². The molecule has 0 spiro atoms. The van der Waals surface area contributed by atoms with Crippen LogP contribution in [0, 0.1) is 17.8 Å². The summed E-state index contributed by atoms with van der Waals surface area (Å²) in [5.41, 5.74) is 0. The summed E-state index contributed by atoms with van der Waals surface area (Å²) >= 11 is 0. The van der Waals surface area contributed by atoms with Crippen LogP contribution in [0.15, 0.2) is 23.5 Å². The number of aromatic nitrogens is 2. The predicted octanol–water partition coefficient (Wildman–Crippen LogP) is 2.46. The van der Waals surface area contributed by atoms with Crippen LogP contribution in [0.5, 0.6) is 0 Å². The Morgan fingerprint density at radius 2 is 2.23 bits per heavy atom. The van der Waals surface area contributed by atoms with Gasteiger partial charge in [-0.1, -0.05) is 20.8 Å². The fraction of sp³-hybridized carbons (Fsp3) is 0.765. The minimum absolute atomic E-state index is 0.519. The predicted molar refractivity (Wildman–Crippen MR) is 91.9 cm³/mol. The van der Waals surface area contributed by atoms with Crippen LogP contribution in [0.1, 0.15) is 33.6 Å². The molecule has 0 bridgehead atoms. The van der Waals surface area contributed by atoms with Crippen LogP contribution in [0.3, 0.4) is 0 Å². The van der Waals surface area contributed by atoms with Crippen molar-refractivity contribution in [2.24, 2.45) is 22.7 Å².